The van der Waals surface area contributed by atoms with Crippen molar-refractivity contribution >= 4 is 10.9 Å². The molecule has 0 N–H and O–H groups in total. The highest BCUT2D eigenvalue weighted by atomic mass is 16.5. The molecule has 3 aromatic carbocycles. The molecule has 1 aliphatic rings. The smallest absolute Gasteiger partial charge is 0.194 e. The molecule has 0 unspecified atom stereocenters. The van der Waals surface area contributed by atoms with Gasteiger partial charge in [0.1, 0.15) is 5.75 Å². The molecule has 1 aliphatic heterocycles. The van der Waals surface area contributed by atoms with Gasteiger partial charge in [0.05, 0.1) is 18.7 Å². The van der Waals surface area contributed by atoms with E-state index in [2.05, 4.69) is 82.0 Å². The van der Waals surface area contributed by atoms with Crippen LogP contribution >= 0.6 is 0 Å². The molecule has 0 spiro atoms. The van der Waals surface area contributed by atoms with Crippen LogP contribution < -0.4 is 10.2 Å². The van der Waals surface area contributed by atoms with E-state index < -0.39 is 0 Å². The highest BCUT2D eigenvalue weighted by Gasteiger charge is 2.27. The van der Waals surface area contributed by atoms with E-state index in [0.29, 0.717) is 12.3 Å². The lowest BCUT2D eigenvalue weighted by molar-refractivity contribution is 0.104. The molecule has 5 heteroatoms. The van der Waals surface area contributed by atoms with Crippen LogP contribution in [0.3, 0.4) is 0 Å². The largest absolute Gasteiger partial charge is 0.497 e. The van der Waals surface area contributed by atoms with Crippen molar-refractivity contribution in [2.24, 2.45) is 7.05 Å². The Morgan fingerprint density at radius 3 is 2.03 bits per heavy atom. The topological polar surface area (TPSA) is 37.7 Å². The predicted molar refractivity (Wildman–Crippen MR) is 142 cm³/mol. The maximum absolute atomic E-state index is 13.5. The Morgan fingerprint density at radius 1 is 0.857 bits per heavy atom. The molecule has 5 nitrogen and oxygen atoms in total. The van der Waals surface area contributed by atoms with Gasteiger partial charge >= 0.3 is 0 Å². The molecule has 1 aromatic heterocycles. The van der Waals surface area contributed by atoms with Gasteiger partial charge in [-0.2, -0.15) is 0 Å². The van der Waals surface area contributed by atoms with E-state index in [1.54, 1.807) is 7.11 Å². The highest BCUT2D eigenvalue weighted by molar-refractivity contribution is 5.81. The maximum atomic E-state index is 13.5. The van der Waals surface area contributed by atoms with Crippen LogP contribution in [0.15, 0.2) is 83.7 Å². The molecule has 1 saturated heterocycles. The molecule has 0 aliphatic carbocycles. The fourth-order valence-electron chi connectivity index (χ4n) is 5.30. The van der Waals surface area contributed by atoms with Gasteiger partial charge in [-0.25, -0.2) is 0 Å². The lowest BCUT2D eigenvalue weighted by Gasteiger charge is -2.40. The number of hydrogen-bond donors (Lipinski definition) is 0. The van der Waals surface area contributed by atoms with E-state index in [1.807, 2.05) is 25.2 Å². The second-order valence-electron chi connectivity index (χ2n) is 9.37. The van der Waals surface area contributed by atoms with Crippen LogP contribution in [-0.4, -0.2) is 47.7 Å². The van der Waals surface area contributed by atoms with Gasteiger partial charge in [-0.15, -0.1) is 0 Å². The van der Waals surface area contributed by atoms with Crippen molar-refractivity contribution in [2.45, 2.75) is 19.5 Å². The van der Waals surface area contributed by atoms with E-state index in [-0.39, 0.29) is 11.5 Å². The lowest BCUT2D eigenvalue weighted by Crippen LogP contribution is -2.48. The first-order valence-corrected chi connectivity index (χ1v) is 12.3. The minimum atomic E-state index is 0.114. The quantitative estimate of drug-likeness (QED) is 0.410. The number of ether oxygens (including phenoxy) is 1. The average Bonchev–Trinajstić information content (AvgIpc) is 2.92. The summed E-state index contributed by atoms with van der Waals surface area (Å²) in [6.45, 7) is 6.48. The first kappa shape index (κ1) is 23.3. The Labute approximate surface area is 207 Å². The highest BCUT2D eigenvalue weighted by Crippen LogP contribution is 2.30. The Balaban J connectivity index is 1.38. The summed E-state index contributed by atoms with van der Waals surface area (Å²) in [7, 11) is 3.67. The first-order chi connectivity index (χ1) is 17.1. The number of fused-ring (bicyclic) bond motifs is 1. The molecule has 0 amide bonds. The van der Waals surface area contributed by atoms with Gasteiger partial charge in [0.2, 0.25) is 0 Å². The molecule has 0 saturated carbocycles. The number of methoxy groups -OCH3 is 1. The van der Waals surface area contributed by atoms with Crippen molar-refractivity contribution in [2.75, 3.05) is 33.3 Å². The van der Waals surface area contributed by atoms with Crippen LogP contribution in [0.1, 0.15) is 28.4 Å². The summed E-state index contributed by atoms with van der Waals surface area (Å²) in [4.78, 5) is 18.5. The summed E-state index contributed by atoms with van der Waals surface area (Å²) >= 11 is 0. The van der Waals surface area contributed by atoms with Crippen molar-refractivity contribution in [1.82, 2.24) is 14.4 Å². The van der Waals surface area contributed by atoms with Crippen LogP contribution in [-0.2, 0) is 13.6 Å². The summed E-state index contributed by atoms with van der Waals surface area (Å²) in [6, 6.07) is 27.5. The molecule has 4 aromatic rings. The minimum absolute atomic E-state index is 0.114. The van der Waals surface area contributed by atoms with Crippen molar-refractivity contribution < 1.29 is 4.74 Å². The maximum Gasteiger partial charge on any atom is 0.194 e. The fourth-order valence-corrected chi connectivity index (χ4v) is 5.30. The third-order valence-electron chi connectivity index (χ3n) is 7.41. The van der Waals surface area contributed by atoms with Crippen LogP contribution in [0.5, 0.6) is 5.75 Å². The number of rotatable bonds is 6. The third-order valence-corrected chi connectivity index (χ3v) is 7.41. The molecule has 2 heterocycles. The van der Waals surface area contributed by atoms with Crippen LogP contribution in [0.2, 0.25) is 0 Å². The summed E-state index contributed by atoms with van der Waals surface area (Å²) in [6.07, 6.45) is 0. The number of hydrogen-bond acceptors (Lipinski definition) is 4. The van der Waals surface area contributed by atoms with Crippen LogP contribution in [0.4, 0.5) is 0 Å². The molecule has 1 fully saturated rings. The fraction of sp³-hybridized carbons (Fsp3) is 0.300. The van der Waals surface area contributed by atoms with Crippen molar-refractivity contribution in [3.63, 3.8) is 0 Å². The van der Waals surface area contributed by atoms with Gasteiger partial charge in [0.25, 0.3) is 0 Å². The zero-order chi connectivity index (χ0) is 24.4. The molecule has 5 rings (SSSR count). The van der Waals surface area contributed by atoms with Crippen LogP contribution in [0, 0.1) is 6.92 Å². The number of aryl methyl sites for hydroxylation is 1. The summed E-state index contributed by atoms with van der Waals surface area (Å²) < 4.78 is 7.51. The van der Waals surface area contributed by atoms with Gasteiger partial charge in [0.15, 0.2) is 5.43 Å². The van der Waals surface area contributed by atoms with Gasteiger partial charge in [0, 0.05) is 56.4 Å². The Morgan fingerprint density at radius 2 is 1.46 bits per heavy atom. The molecule has 0 atom stereocenters. The Kier molecular flexibility index (Phi) is 6.71. The molecule has 35 heavy (non-hydrogen) atoms. The van der Waals surface area contributed by atoms with E-state index in [0.717, 1.165) is 48.3 Å². The average molecular weight is 468 g/mol. The van der Waals surface area contributed by atoms with Crippen LogP contribution in [0.25, 0.3) is 10.9 Å². The Hall–Kier alpha value is -3.41. The van der Waals surface area contributed by atoms with E-state index >= 15 is 0 Å². The molecule has 0 radical (unpaired) electrons. The van der Waals surface area contributed by atoms with E-state index in [9.17, 15) is 4.79 Å². The number of pyridine rings is 1. The second kappa shape index (κ2) is 10.1. The first-order valence-electron chi connectivity index (χ1n) is 12.3. The standard InChI is InChI=1S/C30H33N3O2/c1-22-27(30(34)26-20-25(35-3)14-15-28(26)31(22)2)21-32-16-18-33(19-17-32)29(23-10-6-4-7-11-23)24-12-8-5-9-13-24/h4-15,20,29H,16-19,21H2,1-3H3. The van der Waals surface area contributed by atoms with E-state index in [4.69, 9.17) is 4.74 Å². The number of nitrogens with zero attached hydrogens (tertiary/aromatic N) is 3. The lowest BCUT2D eigenvalue weighted by atomic mass is 9.96. The zero-order valence-electron chi connectivity index (χ0n) is 20.8. The molecule has 0 bridgehead atoms. The van der Waals surface area contributed by atoms with Gasteiger partial charge in [-0.1, -0.05) is 60.7 Å². The molecule has 180 valence electrons. The normalized spacial score (nSPS) is 15.1. The number of piperazine rings is 1. The summed E-state index contributed by atoms with van der Waals surface area (Å²) in [5.74, 6) is 0.714. The summed E-state index contributed by atoms with van der Waals surface area (Å²) in [5.41, 5.74) is 5.60. The zero-order valence-corrected chi connectivity index (χ0v) is 20.8. The van der Waals surface area contributed by atoms with Crippen molar-refractivity contribution in [1.29, 1.82) is 0 Å². The van der Waals surface area contributed by atoms with Gasteiger partial charge in [-0.3, -0.25) is 14.6 Å². The summed E-state index contributed by atoms with van der Waals surface area (Å²) in [5, 5.41) is 0.722. The SMILES string of the molecule is COc1ccc2c(c1)c(=O)c(CN1CCN(C(c3ccccc3)c3ccccc3)CC1)c(C)n2C. The van der Waals surface area contributed by atoms with Gasteiger partial charge in [-0.05, 0) is 36.2 Å². The van der Waals surface area contributed by atoms with E-state index in [1.165, 1.54) is 11.1 Å². The predicted octanol–water partition coefficient (Wildman–Crippen LogP) is 4.76. The third kappa shape index (κ3) is 4.62. The Bertz CT molecular complexity index is 1320. The minimum Gasteiger partial charge on any atom is -0.497 e. The molecular formula is C30H33N3O2. The number of aromatic nitrogens is 1. The monoisotopic (exact) mass is 467 g/mol. The van der Waals surface area contributed by atoms with Crippen molar-refractivity contribution in [3.05, 3.63) is 111 Å². The number of benzene rings is 3. The molecular weight excluding hydrogens is 434 g/mol. The second-order valence-corrected chi connectivity index (χ2v) is 9.37. The van der Waals surface area contributed by atoms with Gasteiger partial charge < -0.3 is 9.30 Å². The van der Waals surface area contributed by atoms with Crippen molar-refractivity contribution in [3.8, 4) is 5.75 Å².